The summed E-state index contributed by atoms with van der Waals surface area (Å²) >= 11 is 7.57. The number of aryl methyl sites for hydroxylation is 2. The minimum Gasteiger partial charge on any atom is -0.485 e. The van der Waals surface area contributed by atoms with Crippen LogP contribution in [0.25, 0.3) is 4.96 Å². The van der Waals surface area contributed by atoms with E-state index < -0.39 is 0 Å². The number of halogens is 1. The summed E-state index contributed by atoms with van der Waals surface area (Å²) in [7, 11) is 0. The third-order valence-corrected chi connectivity index (χ3v) is 5.64. The number of carbonyl (C=O) groups is 1. The molecule has 4 rings (SSSR count). The average molecular weight is 440 g/mol. The first-order chi connectivity index (χ1) is 14.4. The number of ether oxygens (including phenoxy) is 1. The van der Waals surface area contributed by atoms with Crippen LogP contribution in [-0.2, 0) is 6.61 Å². The largest absolute Gasteiger partial charge is 0.485 e. The van der Waals surface area contributed by atoms with Crippen LogP contribution in [0.15, 0.2) is 59.5 Å². The fraction of sp³-hybridized carbons (Fsp3) is 0.136. The summed E-state index contributed by atoms with van der Waals surface area (Å²) < 4.78 is 7.42. The number of anilines is 1. The quantitative estimate of drug-likeness (QED) is 0.482. The molecule has 1 amide bonds. The molecule has 0 fully saturated rings. The van der Waals surface area contributed by atoms with Crippen LogP contribution in [-0.4, -0.2) is 15.3 Å². The Balaban J connectivity index is 1.57. The van der Waals surface area contributed by atoms with Gasteiger partial charge >= 0.3 is 0 Å². The van der Waals surface area contributed by atoms with E-state index in [1.165, 1.54) is 21.8 Å². The van der Waals surface area contributed by atoms with E-state index in [1.807, 2.05) is 26.0 Å². The second-order valence-corrected chi connectivity index (χ2v) is 8.42. The lowest BCUT2D eigenvalue weighted by Crippen LogP contribution is -2.15. The lowest BCUT2D eigenvalue weighted by molar-refractivity contribution is 0.102. The Morgan fingerprint density at radius 3 is 2.80 bits per heavy atom. The Kier molecular flexibility index (Phi) is 5.57. The number of aromatic nitrogens is 2. The Bertz CT molecular complexity index is 1310. The van der Waals surface area contributed by atoms with Crippen molar-refractivity contribution < 1.29 is 9.53 Å². The summed E-state index contributed by atoms with van der Waals surface area (Å²) in [6.07, 6.45) is 1.77. The van der Waals surface area contributed by atoms with E-state index in [2.05, 4.69) is 10.3 Å². The molecule has 0 saturated carbocycles. The van der Waals surface area contributed by atoms with E-state index >= 15 is 0 Å². The van der Waals surface area contributed by atoms with Crippen LogP contribution in [0.1, 0.15) is 26.5 Å². The zero-order valence-corrected chi connectivity index (χ0v) is 17.9. The number of benzene rings is 2. The highest BCUT2D eigenvalue weighted by atomic mass is 35.5. The molecule has 0 unspecified atom stereocenters. The molecule has 0 saturated heterocycles. The summed E-state index contributed by atoms with van der Waals surface area (Å²) in [5, 5.41) is 3.23. The number of hydrogen-bond donors (Lipinski definition) is 1. The third-order valence-electron chi connectivity index (χ3n) is 4.41. The van der Waals surface area contributed by atoms with Gasteiger partial charge in [0.15, 0.2) is 4.96 Å². The molecule has 0 aliphatic rings. The number of rotatable bonds is 5. The number of nitrogens with zero attached hydrogens (tertiary/aromatic N) is 2. The van der Waals surface area contributed by atoms with Crippen LogP contribution in [0, 0.1) is 13.8 Å². The van der Waals surface area contributed by atoms with Crippen molar-refractivity contribution in [2.75, 3.05) is 5.32 Å². The van der Waals surface area contributed by atoms with Crippen LogP contribution >= 0.6 is 22.9 Å². The lowest BCUT2D eigenvalue weighted by atomic mass is 10.1. The van der Waals surface area contributed by atoms with Crippen molar-refractivity contribution >= 4 is 39.5 Å². The van der Waals surface area contributed by atoms with Gasteiger partial charge in [0.1, 0.15) is 12.4 Å². The fourth-order valence-corrected chi connectivity index (χ4v) is 4.06. The molecular weight excluding hydrogens is 422 g/mol. The van der Waals surface area contributed by atoms with Gasteiger partial charge in [-0.2, -0.15) is 0 Å². The van der Waals surface area contributed by atoms with Gasteiger partial charge in [0.25, 0.3) is 11.5 Å². The normalized spacial score (nSPS) is 10.9. The molecular formula is C22H18ClN3O3S. The SMILES string of the molecule is Cc1ccc(OCc2cc(=O)n3cc(C)sc3n2)c(NC(=O)c2ccccc2Cl)c1. The molecule has 6 nitrogen and oxygen atoms in total. The molecule has 0 aliphatic carbocycles. The third kappa shape index (κ3) is 4.22. The number of nitrogens with one attached hydrogen (secondary N) is 1. The minimum atomic E-state index is -0.331. The maximum Gasteiger partial charge on any atom is 0.258 e. The monoisotopic (exact) mass is 439 g/mol. The van der Waals surface area contributed by atoms with Crippen molar-refractivity contribution in [1.29, 1.82) is 0 Å². The van der Waals surface area contributed by atoms with E-state index in [0.717, 1.165) is 10.4 Å². The van der Waals surface area contributed by atoms with Crippen LogP contribution in [0.3, 0.4) is 0 Å². The Morgan fingerprint density at radius 2 is 2.00 bits per heavy atom. The fourth-order valence-electron chi connectivity index (χ4n) is 2.99. The van der Waals surface area contributed by atoms with E-state index in [1.54, 1.807) is 36.5 Å². The first kappa shape index (κ1) is 20.1. The standard InChI is InChI=1S/C22H18ClN3O3S/c1-13-7-8-19(18(9-13)25-21(28)16-5-3-4-6-17(16)23)29-12-15-10-20(27)26-11-14(2)30-22(26)24-15/h3-11H,12H2,1-2H3,(H,25,28). The molecule has 2 aromatic heterocycles. The maximum atomic E-state index is 12.7. The van der Waals surface area contributed by atoms with Crippen LogP contribution in [0.4, 0.5) is 5.69 Å². The highest BCUT2D eigenvalue weighted by molar-refractivity contribution is 7.16. The predicted molar refractivity (Wildman–Crippen MR) is 119 cm³/mol. The van der Waals surface area contributed by atoms with Gasteiger partial charge in [0, 0.05) is 17.1 Å². The Morgan fingerprint density at radius 1 is 1.20 bits per heavy atom. The molecule has 2 heterocycles. The number of fused-ring (bicyclic) bond motifs is 1. The number of thiazole rings is 1. The van der Waals surface area contributed by atoms with E-state index in [0.29, 0.717) is 32.7 Å². The molecule has 0 radical (unpaired) electrons. The summed E-state index contributed by atoms with van der Waals surface area (Å²) in [5.41, 5.74) is 2.22. The van der Waals surface area contributed by atoms with Gasteiger partial charge in [-0.15, -0.1) is 11.3 Å². The molecule has 30 heavy (non-hydrogen) atoms. The van der Waals surface area contributed by atoms with E-state index in [-0.39, 0.29) is 18.1 Å². The smallest absolute Gasteiger partial charge is 0.258 e. The lowest BCUT2D eigenvalue weighted by Gasteiger charge is -2.14. The second kappa shape index (κ2) is 8.30. The first-order valence-electron chi connectivity index (χ1n) is 9.19. The van der Waals surface area contributed by atoms with E-state index in [9.17, 15) is 9.59 Å². The molecule has 0 spiro atoms. The molecule has 0 atom stereocenters. The second-order valence-electron chi connectivity index (χ2n) is 6.80. The van der Waals surface area contributed by atoms with Crippen LogP contribution < -0.4 is 15.6 Å². The minimum absolute atomic E-state index is 0.0979. The maximum absolute atomic E-state index is 12.7. The van der Waals surface area contributed by atoms with Crippen LogP contribution in [0.5, 0.6) is 5.75 Å². The zero-order chi connectivity index (χ0) is 21.3. The number of amides is 1. The van der Waals surface area contributed by atoms with Gasteiger partial charge in [-0.05, 0) is 43.7 Å². The average Bonchev–Trinajstić information content (AvgIpc) is 3.08. The zero-order valence-electron chi connectivity index (χ0n) is 16.3. The van der Waals surface area contributed by atoms with Crippen LogP contribution in [0.2, 0.25) is 5.02 Å². The Hall–Kier alpha value is -3.16. The summed E-state index contributed by atoms with van der Waals surface area (Å²) in [6.45, 7) is 3.94. The highest BCUT2D eigenvalue weighted by Gasteiger charge is 2.14. The van der Waals surface area contributed by atoms with Gasteiger partial charge < -0.3 is 10.1 Å². The molecule has 0 bridgehead atoms. The van der Waals surface area contributed by atoms with Crippen molar-refractivity contribution in [1.82, 2.24) is 9.38 Å². The van der Waals surface area contributed by atoms with Gasteiger partial charge in [0.05, 0.1) is 22.0 Å². The highest BCUT2D eigenvalue weighted by Crippen LogP contribution is 2.28. The van der Waals surface area contributed by atoms with Crippen molar-refractivity contribution in [2.24, 2.45) is 0 Å². The van der Waals surface area contributed by atoms with Crippen molar-refractivity contribution in [2.45, 2.75) is 20.5 Å². The van der Waals surface area contributed by atoms with Gasteiger partial charge in [-0.25, -0.2) is 4.98 Å². The molecule has 1 N–H and O–H groups in total. The van der Waals surface area contributed by atoms with Gasteiger partial charge in [0.2, 0.25) is 0 Å². The summed E-state index contributed by atoms with van der Waals surface area (Å²) in [6, 6.07) is 13.8. The number of hydrogen-bond acceptors (Lipinski definition) is 5. The predicted octanol–water partition coefficient (Wildman–Crippen LogP) is 4.86. The number of carbonyl (C=O) groups excluding carboxylic acids is 1. The topological polar surface area (TPSA) is 72.7 Å². The van der Waals surface area contributed by atoms with Crippen molar-refractivity contribution in [3.05, 3.63) is 91.8 Å². The van der Waals surface area contributed by atoms with E-state index in [4.69, 9.17) is 16.3 Å². The summed E-state index contributed by atoms with van der Waals surface area (Å²) in [4.78, 5) is 31.0. The molecule has 152 valence electrons. The molecule has 8 heteroatoms. The molecule has 4 aromatic rings. The first-order valence-corrected chi connectivity index (χ1v) is 10.4. The van der Waals surface area contributed by atoms with Crippen molar-refractivity contribution in [3.8, 4) is 5.75 Å². The van der Waals surface area contributed by atoms with Gasteiger partial charge in [-0.3, -0.25) is 14.0 Å². The summed E-state index contributed by atoms with van der Waals surface area (Å²) in [5.74, 6) is 0.147. The van der Waals surface area contributed by atoms with Crippen molar-refractivity contribution in [3.63, 3.8) is 0 Å². The molecule has 0 aliphatic heterocycles. The van der Waals surface area contributed by atoms with Gasteiger partial charge in [-0.1, -0.05) is 29.8 Å². The Labute approximate surface area is 181 Å². The molecule has 2 aromatic carbocycles.